The Morgan fingerprint density at radius 3 is 2.32 bits per heavy atom. The van der Waals surface area contributed by atoms with Crippen molar-refractivity contribution < 1.29 is 22.4 Å². The number of halogens is 2. The van der Waals surface area contributed by atoms with Crippen LogP contribution < -0.4 is 9.62 Å². The number of sulfonamides is 1. The Hall–Kier alpha value is -2.65. The van der Waals surface area contributed by atoms with Crippen LogP contribution in [0, 0.1) is 5.82 Å². The molecule has 7 nitrogen and oxygen atoms in total. The fourth-order valence-electron chi connectivity index (χ4n) is 3.12. The third-order valence-electron chi connectivity index (χ3n) is 4.70. The molecule has 0 aromatic heterocycles. The summed E-state index contributed by atoms with van der Waals surface area (Å²) in [7, 11) is -2.43. The van der Waals surface area contributed by atoms with Crippen LogP contribution in [0.15, 0.2) is 48.5 Å². The molecule has 10 heteroatoms. The molecular formula is C21H25ClFN3O4S. The molecule has 0 fully saturated rings. The minimum atomic E-state index is -3.90. The summed E-state index contributed by atoms with van der Waals surface area (Å²) in [6.07, 6.45) is 1.27. The van der Waals surface area contributed by atoms with Gasteiger partial charge in [-0.25, -0.2) is 12.8 Å². The van der Waals surface area contributed by atoms with Crippen LogP contribution in [0.1, 0.15) is 18.9 Å². The monoisotopic (exact) mass is 469 g/mol. The largest absolute Gasteiger partial charge is 0.357 e. The van der Waals surface area contributed by atoms with Gasteiger partial charge in [-0.2, -0.15) is 0 Å². The van der Waals surface area contributed by atoms with E-state index in [1.807, 2.05) is 30.3 Å². The fourth-order valence-corrected chi connectivity index (χ4v) is 4.14. The number of rotatable bonds is 9. The Kier molecular flexibility index (Phi) is 8.41. The van der Waals surface area contributed by atoms with E-state index in [9.17, 15) is 22.4 Å². The summed E-state index contributed by atoms with van der Waals surface area (Å²) in [5.74, 6) is -1.64. The van der Waals surface area contributed by atoms with Gasteiger partial charge in [0.1, 0.15) is 18.4 Å². The van der Waals surface area contributed by atoms with Crippen LogP contribution in [0.2, 0.25) is 5.02 Å². The van der Waals surface area contributed by atoms with E-state index >= 15 is 0 Å². The van der Waals surface area contributed by atoms with Crippen molar-refractivity contribution in [2.45, 2.75) is 25.9 Å². The van der Waals surface area contributed by atoms with Crippen molar-refractivity contribution >= 4 is 39.1 Å². The Morgan fingerprint density at radius 2 is 1.81 bits per heavy atom. The molecule has 168 valence electrons. The first kappa shape index (κ1) is 24.6. The van der Waals surface area contributed by atoms with E-state index in [2.05, 4.69) is 5.32 Å². The Bertz CT molecular complexity index is 1030. The second-order valence-corrected chi connectivity index (χ2v) is 9.23. The molecule has 0 saturated carbocycles. The van der Waals surface area contributed by atoms with Gasteiger partial charge in [-0.15, -0.1) is 0 Å². The molecule has 0 aliphatic rings. The van der Waals surface area contributed by atoms with Gasteiger partial charge in [0.25, 0.3) is 0 Å². The first-order valence-corrected chi connectivity index (χ1v) is 11.8. The molecule has 0 spiro atoms. The predicted octanol–water partition coefficient (Wildman–Crippen LogP) is 2.80. The lowest BCUT2D eigenvalue weighted by Crippen LogP contribution is -2.51. The number of carbonyl (C=O) groups is 2. The van der Waals surface area contributed by atoms with Gasteiger partial charge >= 0.3 is 0 Å². The Labute approximate surface area is 186 Å². The molecule has 1 atom stereocenters. The van der Waals surface area contributed by atoms with Crippen molar-refractivity contribution in [1.29, 1.82) is 0 Å². The van der Waals surface area contributed by atoms with E-state index < -0.39 is 34.3 Å². The van der Waals surface area contributed by atoms with Gasteiger partial charge in [0, 0.05) is 13.6 Å². The highest BCUT2D eigenvalue weighted by Gasteiger charge is 2.31. The molecule has 2 amide bonds. The highest BCUT2D eigenvalue weighted by atomic mass is 35.5. The first-order chi connectivity index (χ1) is 14.6. The lowest BCUT2D eigenvalue weighted by molar-refractivity contribution is -0.140. The van der Waals surface area contributed by atoms with E-state index in [0.717, 1.165) is 28.3 Å². The summed E-state index contributed by atoms with van der Waals surface area (Å²) in [6, 6.07) is 11.7. The number of likely N-dealkylation sites (N-methyl/N-ethyl adjacent to an activating group) is 1. The summed E-state index contributed by atoms with van der Waals surface area (Å²) in [5.41, 5.74) is 0.837. The summed E-state index contributed by atoms with van der Waals surface area (Å²) in [5, 5.41) is 2.28. The summed E-state index contributed by atoms with van der Waals surface area (Å²) in [6.45, 7) is 1.31. The number of anilines is 1. The van der Waals surface area contributed by atoms with Crippen molar-refractivity contribution in [2.75, 3.05) is 24.2 Å². The summed E-state index contributed by atoms with van der Waals surface area (Å²) >= 11 is 5.80. The molecule has 0 unspecified atom stereocenters. The van der Waals surface area contributed by atoms with E-state index in [4.69, 9.17) is 11.6 Å². The van der Waals surface area contributed by atoms with Crippen LogP contribution in [0.3, 0.4) is 0 Å². The van der Waals surface area contributed by atoms with Crippen molar-refractivity contribution in [3.8, 4) is 0 Å². The maximum absolute atomic E-state index is 13.6. The van der Waals surface area contributed by atoms with E-state index in [1.165, 1.54) is 18.0 Å². The molecule has 0 aliphatic carbocycles. The van der Waals surface area contributed by atoms with Gasteiger partial charge in [-0.05, 0) is 30.2 Å². The minimum absolute atomic E-state index is 0.0508. The fraction of sp³-hybridized carbons (Fsp3) is 0.333. The number of benzene rings is 2. The number of amides is 2. The zero-order chi connectivity index (χ0) is 23.2. The topological polar surface area (TPSA) is 86.8 Å². The van der Waals surface area contributed by atoms with Crippen molar-refractivity contribution in [2.24, 2.45) is 0 Å². The third-order valence-corrected chi connectivity index (χ3v) is 6.13. The first-order valence-electron chi connectivity index (χ1n) is 9.56. The van der Waals surface area contributed by atoms with E-state index in [0.29, 0.717) is 6.42 Å². The smallest absolute Gasteiger partial charge is 0.244 e. The molecule has 2 rings (SSSR count). The van der Waals surface area contributed by atoms with Crippen LogP contribution in [0.5, 0.6) is 0 Å². The average Bonchev–Trinajstić information content (AvgIpc) is 2.73. The van der Waals surface area contributed by atoms with Gasteiger partial charge < -0.3 is 10.2 Å². The molecule has 1 N–H and O–H groups in total. The Morgan fingerprint density at radius 1 is 1.16 bits per heavy atom. The molecule has 31 heavy (non-hydrogen) atoms. The standard InChI is InChI=1S/C21H25ClFN3O4S/c1-4-19(21(28)24-2)25(13-15-8-6-5-7-9-15)20(27)14-26(31(3,29)30)16-10-11-18(23)17(22)12-16/h5-12,19H,4,13-14H2,1-3H3,(H,24,28)/t19-/m0/s1. The number of hydrogen-bond acceptors (Lipinski definition) is 4. The number of nitrogens with one attached hydrogen (secondary N) is 1. The summed E-state index contributed by atoms with van der Waals surface area (Å²) < 4.78 is 39.2. The normalized spacial score (nSPS) is 12.2. The lowest BCUT2D eigenvalue weighted by atomic mass is 10.1. The van der Waals surface area contributed by atoms with Crippen LogP contribution in [0.4, 0.5) is 10.1 Å². The molecule has 0 saturated heterocycles. The van der Waals surface area contributed by atoms with Gasteiger partial charge in [0.05, 0.1) is 17.0 Å². The SMILES string of the molecule is CC[C@@H](C(=O)NC)N(Cc1ccccc1)C(=O)CN(c1ccc(F)c(Cl)c1)S(C)(=O)=O. The zero-order valence-electron chi connectivity index (χ0n) is 17.5. The molecule has 0 aliphatic heterocycles. The molecular weight excluding hydrogens is 445 g/mol. The number of hydrogen-bond donors (Lipinski definition) is 1. The highest BCUT2D eigenvalue weighted by Crippen LogP contribution is 2.25. The van der Waals surface area contributed by atoms with Crippen LogP contribution in [-0.4, -0.2) is 51.0 Å². The van der Waals surface area contributed by atoms with Crippen LogP contribution in [-0.2, 0) is 26.2 Å². The van der Waals surface area contributed by atoms with E-state index in [1.54, 1.807) is 6.92 Å². The van der Waals surface area contributed by atoms with Gasteiger partial charge in [0.15, 0.2) is 0 Å². The van der Waals surface area contributed by atoms with Crippen molar-refractivity contribution in [1.82, 2.24) is 10.2 Å². The maximum Gasteiger partial charge on any atom is 0.244 e. The molecule has 2 aromatic carbocycles. The number of nitrogens with zero attached hydrogens (tertiary/aromatic N) is 2. The quantitative estimate of drug-likeness (QED) is 0.611. The molecule has 0 radical (unpaired) electrons. The second kappa shape index (κ2) is 10.6. The van der Waals surface area contributed by atoms with Crippen molar-refractivity contribution in [3.63, 3.8) is 0 Å². The average molecular weight is 470 g/mol. The molecule has 0 heterocycles. The highest BCUT2D eigenvalue weighted by molar-refractivity contribution is 7.92. The van der Waals surface area contributed by atoms with Crippen LogP contribution >= 0.6 is 11.6 Å². The van der Waals surface area contributed by atoms with Crippen LogP contribution in [0.25, 0.3) is 0 Å². The zero-order valence-corrected chi connectivity index (χ0v) is 19.1. The second-order valence-electron chi connectivity index (χ2n) is 6.91. The molecule has 2 aromatic rings. The van der Waals surface area contributed by atoms with E-state index in [-0.39, 0.29) is 23.2 Å². The van der Waals surface area contributed by atoms with Crippen molar-refractivity contribution in [3.05, 3.63) is 64.9 Å². The number of carbonyl (C=O) groups excluding carboxylic acids is 2. The molecule has 0 bridgehead atoms. The summed E-state index contributed by atoms with van der Waals surface area (Å²) in [4.78, 5) is 27.0. The predicted molar refractivity (Wildman–Crippen MR) is 119 cm³/mol. The van der Waals surface area contributed by atoms with Gasteiger partial charge in [-0.3, -0.25) is 13.9 Å². The lowest BCUT2D eigenvalue weighted by Gasteiger charge is -2.32. The van der Waals surface area contributed by atoms with Gasteiger partial charge in [0.2, 0.25) is 21.8 Å². The Balaban J connectivity index is 2.42. The minimum Gasteiger partial charge on any atom is -0.357 e. The van der Waals surface area contributed by atoms with Gasteiger partial charge in [-0.1, -0.05) is 48.9 Å². The maximum atomic E-state index is 13.6. The third kappa shape index (κ3) is 6.41.